The summed E-state index contributed by atoms with van der Waals surface area (Å²) in [6, 6.07) is 7.03. The molecule has 3 N–H and O–H groups in total. The van der Waals surface area contributed by atoms with E-state index in [-0.39, 0.29) is 5.54 Å². The van der Waals surface area contributed by atoms with Crippen molar-refractivity contribution < 1.29 is 0 Å². The summed E-state index contributed by atoms with van der Waals surface area (Å²) >= 11 is 0. The fourth-order valence-corrected chi connectivity index (χ4v) is 4.42. The molecule has 2 aliphatic rings. The summed E-state index contributed by atoms with van der Waals surface area (Å²) in [4.78, 5) is 6.04. The smallest absolute Gasteiger partial charge is 0.0577 e. The third-order valence-corrected chi connectivity index (χ3v) is 5.28. The van der Waals surface area contributed by atoms with Crippen molar-refractivity contribution in [1.82, 2.24) is 9.88 Å². The Labute approximate surface area is 120 Å². The molecule has 3 heteroatoms. The number of hydrogen-bond donors (Lipinski definition) is 2. The Bertz CT molecular complexity index is 643. The molecule has 1 aliphatic carbocycles. The summed E-state index contributed by atoms with van der Waals surface area (Å²) in [6.07, 6.45) is 6.81. The van der Waals surface area contributed by atoms with Crippen LogP contribution in [-0.4, -0.2) is 29.0 Å². The molecule has 0 bridgehead atoms. The second-order valence-electron chi connectivity index (χ2n) is 6.44. The number of benzene rings is 1. The lowest BCUT2D eigenvalue weighted by Crippen LogP contribution is -2.61. The molecule has 0 unspecified atom stereocenters. The topological polar surface area (TPSA) is 45.0 Å². The van der Waals surface area contributed by atoms with Crippen LogP contribution in [0.4, 0.5) is 0 Å². The van der Waals surface area contributed by atoms with Gasteiger partial charge in [0, 0.05) is 23.1 Å². The van der Waals surface area contributed by atoms with Crippen LogP contribution in [-0.2, 0) is 12.0 Å². The van der Waals surface area contributed by atoms with Crippen LogP contribution in [0.5, 0.6) is 0 Å². The maximum absolute atomic E-state index is 6.96. The van der Waals surface area contributed by atoms with Gasteiger partial charge in [0.15, 0.2) is 0 Å². The highest BCUT2D eigenvalue weighted by Crippen LogP contribution is 2.44. The molecule has 0 radical (unpaired) electrons. The number of fused-ring (bicyclic) bond motifs is 2. The molecule has 1 aromatic carbocycles. The van der Waals surface area contributed by atoms with Gasteiger partial charge in [-0.25, -0.2) is 0 Å². The number of nitrogens with zero attached hydrogens (tertiary/aromatic N) is 1. The Morgan fingerprint density at radius 3 is 3.20 bits per heavy atom. The number of nitrogens with one attached hydrogen (secondary N) is 1. The molecule has 106 valence electrons. The fraction of sp³-hybridized carbons (Fsp3) is 0.529. The number of rotatable bonds is 2. The average molecular weight is 269 g/mol. The van der Waals surface area contributed by atoms with E-state index < -0.39 is 0 Å². The van der Waals surface area contributed by atoms with Crippen molar-refractivity contribution >= 4 is 10.9 Å². The molecule has 1 fully saturated rings. The summed E-state index contributed by atoms with van der Waals surface area (Å²) in [7, 11) is 0. The zero-order valence-corrected chi connectivity index (χ0v) is 12.2. The van der Waals surface area contributed by atoms with Crippen molar-refractivity contribution in [2.24, 2.45) is 5.73 Å². The summed E-state index contributed by atoms with van der Waals surface area (Å²) in [5.74, 6) is 0. The van der Waals surface area contributed by atoms with Gasteiger partial charge < -0.3 is 10.7 Å². The summed E-state index contributed by atoms with van der Waals surface area (Å²) in [5, 5.41) is 1.39. The van der Waals surface area contributed by atoms with E-state index in [1.54, 1.807) is 0 Å². The van der Waals surface area contributed by atoms with Gasteiger partial charge in [0.1, 0.15) is 0 Å². The third-order valence-electron chi connectivity index (χ3n) is 5.28. The Morgan fingerprint density at radius 1 is 1.45 bits per heavy atom. The Hall–Kier alpha value is -1.32. The molecule has 1 aliphatic heterocycles. The van der Waals surface area contributed by atoms with E-state index in [1.165, 1.54) is 48.0 Å². The van der Waals surface area contributed by atoms with Crippen molar-refractivity contribution in [2.75, 3.05) is 13.1 Å². The molecule has 3 nitrogen and oxygen atoms in total. The number of H-pyrrole nitrogens is 1. The van der Waals surface area contributed by atoms with Crippen LogP contribution in [0.1, 0.15) is 37.3 Å². The van der Waals surface area contributed by atoms with Crippen molar-refractivity contribution in [3.8, 4) is 0 Å². The first kappa shape index (κ1) is 12.4. The molecule has 0 amide bonds. The van der Waals surface area contributed by atoms with Gasteiger partial charge in [0.2, 0.25) is 0 Å². The number of likely N-dealkylation sites (tertiary alicyclic amines) is 1. The maximum atomic E-state index is 6.96. The normalized spacial score (nSPS) is 29.6. The van der Waals surface area contributed by atoms with Crippen LogP contribution in [0.25, 0.3) is 10.9 Å². The number of nitrogens with two attached hydrogens (primary N) is 1. The first-order valence-corrected chi connectivity index (χ1v) is 7.86. The molecular formula is C17H23N3. The number of aromatic nitrogens is 1. The van der Waals surface area contributed by atoms with Crippen LogP contribution in [0.15, 0.2) is 24.4 Å². The molecule has 20 heavy (non-hydrogen) atoms. The molecule has 2 atom stereocenters. The second kappa shape index (κ2) is 4.34. The van der Waals surface area contributed by atoms with E-state index in [0.717, 1.165) is 12.8 Å². The van der Waals surface area contributed by atoms with Gasteiger partial charge in [-0.2, -0.15) is 0 Å². The zero-order chi connectivity index (χ0) is 13.7. The zero-order valence-electron chi connectivity index (χ0n) is 12.2. The summed E-state index contributed by atoms with van der Waals surface area (Å²) in [5.41, 5.74) is 10.9. The lowest BCUT2D eigenvalue weighted by molar-refractivity contribution is 0.0663. The highest BCUT2D eigenvalue weighted by Gasteiger charge is 2.46. The minimum Gasteiger partial charge on any atom is -0.361 e. The van der Waals surface area contributed by atoms with Crippen molar-refractivity contribution in [3.63, 3.8) is 0 Å². The molecule has 4 rings (SSSR count). The minimum atomic E-state index is -0.165. The lowest BCUT2D eigenvalue weighted by atomic mass is 9.69. The average Bonchev–Trinajstić information content (AvgIpc) is 2.86. The standard InChI is InChI=1S/C17H23N3/c1-2-8-20-9-4-7-17(18)13-5-3-6-14-16(13)12(11-19-14)10-15(17)20/h3,5-6,11,15,19H,2,4,7-10,18H2,1H3/t15-,17+/m1/s1. The van der Waals surface area contributed by atoms with Gasteiger partial charge >= 0.3 is 0 Å². The molecule has 2 heterocycles. The van der Waals surface area contributed by atoms with Crippen LogP contribution in [0.2, 0.25) is 0 Å². The van der Waals surface area contributed by atoms with Crippen molar-refractivity contribution in [3.05, 3.63) is 35.5 Å². The van der Waals surface area contributed by atoms with E-state index >= 15 is 0 Å². The predicted molar refractivity (Wildman–Crippen MR) is 82.8 cm³/mol. The van der Waals surface area contributed by atoms with Gasteiger partial charge in [0.25, 0.3) is 0 Å². The SMILES string of the molecule is CCCN1CCC[C@]2(N)c3cccc4[nH]cc(c34)C[C@@H]12. The Kier molecular flexibility index (Phi) is 2.69. The van der Waals surface area contributed by atoms with E-state index in [2.05, 4.69) is 41.2 Å². The molecule has 0 spiro atoms. The molecule has 2 aromatic rings. The van der Waals surface area contributed by atoms with Gasteiger partial charge in [0.05, 0.1) is 5.54 Å². The second-order valence-corrected chi connectivity index (χ2v) is 6.44. The van der Waals surface area contributed by atoms with E-state index in [1.807, 2.05) is 0 Å². The van der Waals surface area contributed by atoms with Crippen LogP contribution in [0.3, 0.4) is 0 Å². The minimum absolute atomic E-state index is 0.165. The summed E-state index contributed by atoms with van der Waals surface area (Å²) in [6.45, 7) is 4.63. The highest BCUT2D eigenvalue weighted by molar-refractivity contribution is 5.89. The van der Waals surface area contributed by atoms with Gasteiger partial charge in [-0.3, -0.25) is 4.90 Å². The van der Waals surface area contributed by atoms with Gasteiger partial charge in [-0.05, 0) is 56.0 Å². The maximum Gasteiger partial charge on any atom is 0.0577 e. The van der Waals surface area contributed by atoms with E-state index in [0.29, 0.717) is 6.04 Å². The lowest BCUT2D eigenvalue weighted by Gasteiger charge is -2.50. The monoisotopic (exact) mass is 269 g/mol. The van der Waals surface area contributed by atoms with Crippen LogP contribution >= 0.6 is 0 Å². The van der Waals surface area contributed by atoms with Crippen molar-refractivity contribution in [1.29, 1.82) is 0 Å². The largest absolute Gasteiger partial charge is 0.361 e. The Morgan fingerprint density at radius 2 is 2.35 bits per heavy atom. The fourth-order valence-electron chi connectivity index (χ4n) is 4.42. The van der Waals surface area contributed by atoms with Gasteiger partial charge in [-0.15, -0.1) is 0 Å². The first-order valence-electron chi connectivity index (χ1n) is 7.86. The number of aromatic amines is 1. The molecule has 1 aromatic heterocycles. The Balaban J connectivity index is 1.89. The molecule has 0 saturated carbocycles. The van der Waals surface area contributed by atoms with Crippen molar-refractivity contribution in [2.45, 2.75) is 44.2 Å². The predicted octanol–water partition coefficient (Wildman–Crippen LogP) is 2.75. The molecule has 1 saturated heterocycles. The van der Waals surface area contributed by atoms with Crippen LogP contribution in [0, 0.1) is 0 Å². The number of piperidine rings is 1. The first-order chi connectivity index (χ1) is 9.74. The molecular weight excluding hydrogens is 246 g/mol. The van der Waals surface area contributed by atoms with Crippen LogP contribution < -0.4 is 5.73 Å². The highest BCUT2D eigenvalue weighted by atomic mass is 15.2. The summed E-state index contributed by atoms with van der Waals surface area (Å²) < 4.78 is 0. The van der Waals surface area contributed by atoms with Gasteiger partial charge in [-0.1, -0.05) is 19.1 Å². The number of hydrogen-bond acceptors (Lipinski definition) is 2. The van der Waals surface area contributed by atoms with E-state index in [4.69, 9.17) is 5.73 Å². The quantitative estimate of drug-likeness (QED) is 0.880. The third kappa shape index (κ3) is 1.54. The van der Waals surface area contributed by atoms with E-state index in [9.17, 15) is 0 Å².